The van der Waals surface area contributed by atoms with Crippen molar-refractivity contribution in [2.75, 3.05) is 0 Å². The molecule has 1 aliphatic carbocycles. The summed E-state index contributed by atoms with van der Waals surface area (Å²) >= 11 is 0. The minimum absolute atomic E-state index is 0. The number of halogens is 6. The van der Waals surface area contributed by atoms with E-state index in [1.165, 1.54) is 155 Å². The van der Waals surface area contributed by atoms with Crippen LogP contribution in [-0.2, 0) is 58.4 Å². The fourth-order valence-electron chi connectivity index (χ4n) is 14.6. The molecule has 0 saturated heterocycles. The van der Waals surface area contributed by atoms with Gasteiger partial charge < -0.3 is 20.4 Å². The first-order chi connectivity index (χ1) is 62.5. The molecular formula is C124H150F6O4P4Ru3+12. The van der Waals surface area contributed by atoms with E-state index < -0.39 is 56.6 Å². The molecule has 4 N–H and O–H groups in total. The molecule has 744 valence electrons. The van der Waals surface area contributed by atoms with E-state index >= 15 is 0 Å². The summed E-state index contributed by atoms with van der Waals surface area (Å²) in [5.74, 6) is 3.33. The van der Waals surface area contributed by atoms with Gasteiger partial charge in [0.05, 0.1) is 31.7 Å². The monoisotopic (exact) mass is 2250 g/mol. The zero-order valence-corrected chi connectivity index (χ0v) is 94.9. The summed E-state index contributed by atoms with van der Waals surface area (Å²) < 4.78 is 64.1. The first kappa shape index (κ1) is 135. The van der Waals surface area contributed by atoms with Crippen molar-refractivity contribution in [1.29, 1.82) is 0 Å². The van der Waals surface area contributed by atoms with Crippen molar-refractivity contribution in [3.8, 4) is 22.3 Å². The van der Waals surface area contributed by atoms with Gasteiger partial charge in [0.2, 0.25) is 0 Å². The van der Waals surface area contributed by atoms with Crippen molar-refractivity contribution in [2.45, 2.75) is 134 Å². The van der Waals surface area contributed by atoms with Crippen LogP contribution in [0.5, 0.6) is 0 Å². The van der Waals surface area contributed by atoms with Gasteiger partial charge >= 0.3 is 12.4 Å². The summed E-state index contributed by atoms with van der Waals surface area (Å²) in [6.45, 7) is 26.0. The molecule has 0 atom stereocenters. The summed E-state index contributed by atoms with van der Waals surface area (Å²) in [6.07, 6.45) is -2.18. The number of benzene rings is 16. The summed E-state index contributed by atoms with van der Waals surface area (Å²) in [7, 11) is -5.48. The number of aliphatic hydroxyl groups excluding tert-OH is 2. The molecule has 0 amide bonds. The Hall–Kier alpha value is -9.99. The van der Waals surface area contributed by atoms with Gasteiger partial charge in [-0.3, -0.25) is 0 Å². The Balaban J connectivity index is -0.00000187. The normalized spacial score (nSPS) is 11.1. The molecule has 0 radical (unpaired) electrons. The van der Waals surface area contributed by atoms with Crippen LogP contribution in [0.3, 0.4) is 0 Å². The molecule has 141 heavy (non-hydrogen) atoms. The summed E-state index contributed by atoms with van der Waals surface area (Å²) in [5, 5.41) is 56.5. The standard InChI is InChI=1S/2C44H32P2.C8H12.4C4H10.2C2H3F3O2.8CH3.3Ru/c2*1-5-19-35(20-6-1)45(36-21-7-2-8-22-36)41-31-29-33-17-13-15-27-39(33)43(41)44-40-28-16-14-18-34(40)30-32-42(44)46(37-23-9-3-10-24-37)38-25-11-4-12-26-38;1-2-4-6-8-7-5-3-1;4*1-4(2)3;2*3-2(4,5)1(6)7;;;;;;;;;;;/h2*1-32H;1-2,7-8H,3-6H2;4*4H,1-3H3;2*1,6-7H;8*1H3;;;/q;;;;;;;;;8*+1;;;/p+4/b;;2-1-,8-7?;;;;;;;;;;;;;;;;;. The summed E-state index contributed by atoms with van der Waals surface area (Å²) in [5.41, 5.74) is 5.50. The summed E-state index contributed by atoms with van der Waals surface area (Å²) in [6, 6.07) is 144. The van der Waals surface area contributed by atoms with Crippen LogP contribution in [0, 0.1) is 83.1 Å². The number of rotatable bonds is 14. The van der Waals surface area contributed by atoms with Gasteiger partial charge in [-0.25, -0.2) is 0 Å². The molecule has 1 aliphatic rings. The smallest absolute Gasteiger partial charge is 0.361 e. The van der Waals surface area contributed by atoms with Crippen molar-refractivity contribution in [1.82, 2.24) is 0 Å². The van der Waals surface area contributed by atoms with Crippen LogP contribution in [0.25, 0.3) is 65.3 Å². The third-order valence-electron chi connectivity index (χ3n) is 19.7. The van der Waals surface area contributed by atoms with E-state index in [4.69, 9.17) is 20.4 Å². The van der Waals surface area contributed by atoms with Gasteiger partial charge in [0.25, 0.3) is 12.6 Å². The van der Waals surface area contributed by atoms with Gasteiger partial charge in [0.15, 0.2) is 0 Å². The van der Waals surface area contributed by atoms with Crippen LogP contribution < -0.4 is 63.7 Å². The van der Waals surface area contributed by atoms with Crippen LogP contribution in [0.4, 0.5) is 26.3 Å². The Morgan fingerprint density at radius 3 is 0.426 bits per heavy atom. The SMILES string of the molecule is C1=CCC/C=C\CC1.CC(C)C.CC(C)C.CC(C)C.CC(C)C.OC(O)C(F)(F)F.OC(O)C(F)(F)F.[CH3+].[CH3+].[CH3+].[CH3+].[CH3+].[CH3+].[CH3+].[CH3+].[Ru].[Ru].[Ru].c1ccc([PH+](c2ccccc2)c2ccc3ccccc3c2-c2c([PH+](c3ccccc3)c3ccccc3)ccc3ccccc23)cc1.c1ccc([PH+](c2ccccc2)c2ccc3ccccc3c2-c2c([PH+](c3ccccc3)c3ccccc3)ccc3ccccc23)cc1. The third-order valence-corrected chi connectivity index (χ3v) is 30.8. The molecule has 16 aromatic rings. The molecule has 4 nitrogen and oxygen atoms in total. The Morgan fingerprint density at radius 2 is 0.305 bits per heavy atom. The third kappa shape index (κ3) is 41.7. The molecule has 0 heterocycles. The minimum atomic E-state index is -4.89. The molecular weight excluding hydrogens is 2090 g/mol. The maximum absolute atomic E-state index is 10.7. The molecule has 17 rings (SSSR count). The largest absolute Gasteiger partial charge is 0.439 e. The molecule has 0 aromatic heterocycles. The number of hydrogen-bond acceptors (Lipinski definition) is 4. The second kappa shape index (κ2) is 69.8. The number of fused-ring (bicyclic) bond motifs is 4. The van der Waals surface area contributed by atoms with E-state index in [0.29, 0.717) is 0 Å². The average Bonchev–Trinajstić information content (AvgIpc) is 0.735. The Bertz CT molecular complexity index is 5170. The minimum Gasteiger partial charge on any atom is -0.361 e. The average molecular weight is 2250 g/mol. The maximum atomic E-state index is 10.7. The van der Waals surface area contributed by atoms with E-state index in [9.17, 15) is 26.3 Å². The zero-order chi connectivity index (χ0) is 93.5. The van der Waals surface area contributed by atoms with Crippen LogP contribution in [-0.4, -0.2) is 45.4 Å². The Kier molecular flexibility index (Phi) is 66.9. The van der Waals surface area contributed by atoms with Gasteiger partial charge in [0.1, 0.15) is 63.7 Å². The van der Waals surface area contributed by atoms with Crippen LogP contribution in [0.1, 0.15) is 109 Å². The van der Waals surface area contributed by atoms with Crippen LogP contribution in [0.15, 0.2) is 413 Å². The second-order valence-corrected chi connectivity index (χ2v) is 43.9. The number of aliphatic hydroxyl groups is 4. The number of alkyl halides is 6. The van der Waals surface area contributed by atoms with Gasteiger partial charge in [-0.1, -0.05) is 374 Å². The second-order valence-electron chi connectivity index (χ2n) is 34.1. The molecule has 0 unspecified atom stereocenters. The van der Waals surface area contributed by atoms with Gasteiger partial charge in [-0.15, -0.1) is 0 Å². The van der Waals surface area contributed by atoms with Crippen molar-refractivity contribution >= 4 is 138 Å². The van der Waals surface area contributed by atoms with Crippen molar-refractivity contribution in [2.24, 2.45) is 23.7 Å². The van der Waals surface area contributed by atoms with E-state index in [1.54, 1.807) is 0 Å². The molecule has 0 saturated carbocycles. The Morgan fingerprint density at radius 1 is 0.191 bits per heavy atom. The molecule has 0 spiro atoms. The fourth-order valence-corrected chi connectivity index (χ4v) is 25.7. The van der Waals surface area contributed by atoms with E-state index in [2.05, 4.69) is 496 Å². The van der Waals surface area contributed by atoms with Crippen molar-refractivity contribution < 1.29 is 105 Å². The molecule has 0 fully saturated rings. The van der Waals surface area contributed by atoms with Gasteiger partial charge in [0, 0.05) is 140 Å². The Labute approximate surface area is 887 Å². The first-order valence-corrected chi connectivity index (χ1v) is 50.7. The molecule has 0 aliphatic heterocycles. The maximum Gasteiger partial charge on any atom is 0.439 e. The first-order valence-electron chi connectivity index (χ1n) is 44.7. The fraction of sp³-hybridized carbons (Fsp3) is 0.194. The summed E-state index contributed by atoms with van der Waals surface area (Å²) in [4.78, 5) is 0. The topological polar surface area (TPSA) is 80.9 Å². The van der Waals surface area contributed by atoms with Crippen molar-refractivity contribution in [3.63, 3.8) is 0 Å². The number of hydrogen-bond donors (Lipinski definition) is 4. The van der Waals surface area contributed by atoms with Crippen LogP contribution >= 0.6 is 31.7 Å². The molecule has 16 aromatic carbocycles. The van der Waals surface area contributed by atoms with E-state index in [-0.39, 0.29) is 118 Å². The molecule has 0 bridgehead atoms. The molecule has 17 heteroatoms. The number of allylic oxidation sites excluding steroid dienone is 4. The van der Waals surface area contributed by atoms with Crippen LogP contribution in [0.2, 0.25) is 0 Å². The van der Waals surface area contributed by atoms with Crippen molar-refractivity contribution in [3.05, 3.63) is 472 Å². The predicted molar refractivity (Wildman–Crippen MR) is 613 cm³/mol. The van der Waals surface area contributed by atoms with E-state index in [1.807, 2.05) is 0 Å². The predicted octanol–water partition coefficient (Wildman–Crippen LogP) is 29.9. The van der Waals surface area contributed by atoms with Gasteiger partial charge in [-0.2, -0.15) is 26.3 Å². The van der Waals surface area contributed by atoms with E-state index in [0.717, 1.165) is 23.7 Å². The quantitative estimate of drug-likeness (QED) is 0.0218. The zero-order valence-electron chi connectivity index (χ0n) is 85.7. The van der Waals surface area contributed by atoms with Gasteiger partial charge in [-0.05, 0) is 214 Å².